The summed E-state index contributed by atoms with van der Waals surface area (Å²) >= 11 is 0. The maximum absolute atomic E-state index is 11.1. The molecule has 0 bridgehead atoms. The summed E-state index contributed by atoms with van der Waals surface area (Å²) in [6.45, 7) is 2.22. The predicted octanol–water partition coefficient (Wildman–Crippen LogP) is 0.284. The second-order valence-electron chi connectivity index (χ2n) is 6.62. The standard InChI is InChI=1S/C16H20N4O5/c1-6-10(17)13(22)9-7(5-25-15(18)23)16(24-3)14-8(19(14)2)4-20(16)11(9)12(6)21/h5,8,14,21-22H,4,17H2,1-3H3,(H2,18,23)/t8-,14-,16+,19?/m0/s1. The van der Waals surface area contributed by atoms with Gasteiger partial charge in [0.05, 0.1) is 28.6 Å². The number of primary amides is 1. The minimum absolute atomic E-state index is 0.0204. The Kier molecular flexibility index (Phi) is 2.98. The number of piperazine rings is 1. The number of carbonyl (C=O) groups excluding carboxylic acids is 1. The number of nitrogens with zero attached hydrogens (tertiary/aromatic N) is 2. The number of methoxy groups -OCH3 is 1. The van der Waals surface area contributed by atoms with Crippen molar-refractivity contribution in [1.82, 2.24) is 4.90 Å². The van der Waals surface area contributed by atoms with Gasteiger partial charge in [-0.15, -0.1) is 0 Å². The zero-order valence-corrected chi connectivity index (χ0v) is 14.1. The number of rotatable bonds is 2. The number of phenols is 2. The number of hydrogen-bond donors (Lipinski definition) is 4. The highest BCUT2D eigenvalue weighted by molar-refractivity contribution is 6.00. The summed E-state index contributed by atoms with van der Waals surface area (Å²) in [6, 6.07) is 0.206. The maximum atomic E-state index is 11.1. The SMILES string of the molecule is CO[C@@]12C(=COC(N)=O)c3c(O)c(N)c(C)c(O)c3N1C[C@H]1[C@@H]2N1C. The van der Waals surface area contributed by atoms with Gasteiger partial charge in [-0.25, -0.2) is 4.79 Å². The Morgan fingerprint density at radius 3 is 2.68 bits per heavy atom. The molecule has 25 heavy (non-hydrogen) atoms. The fourth-order valence-electron chi connectivity index (χ4n) is 4.36. The van der Waals surface area contributed by atoms with Crippen LogP contribution in [0, 0.1) is 6.92 Å². The topological polar surface area (TPSA) is 134 Å². The van der Waals surface area contributed by atoms with Gasteiger partial charge in [0.1, 0.15) is 17.8 Å². The van der Waals surface area contributed by atoms with E-state index in [2.05, 4.69) is 4.90 Å². The molecule has 0 aliphatic carbocycles. The number of nitrogens with two attached hydrogens (primary N) is 2. The molecule has 4 atom stereocenters. The third-order valence-corrected chi connectivity index (χ3v) is 5.65. The number of amides is 1. The molecule has 3 aliphatic rings. The van der Waals surface area contributed by atoms with Crippen LogP contribution in [-0.4, -0.2) is 59.7 Å². The number of fused-ring (bicyclic) bond motifs is 5. The summed E-state index contributed by atoms with van der Waals surface area (Å²) in [5.74, 6) is -0.214. The van der Waals surface area contributed by atoms with E-state index < -0.39 is 11.8 Å². The minimum Gasteiger partial charge on any atom is -0.505 e. The lowest BCUT2D eigenvalue weighted by molar-refractivity contribution is 0.0380. The number of anilines is 2. The first-order valence-corrected chi connectivity index (χ1v) is 7.83. The summed E-state index contributed by atoms with van der Waals surface area (Å²) < 4.78 is 10.8. The van der Waals surface area contributed by atoms with E-state index in [9.17, 15) is 15.0 Å². The highest BCUT2D eigenvalue weighted by Gasteiger charge is 2.72. The van der Waals surface area contributed by atoms with Crippen molar-refractivity contribution in [2.75, 3.05) is 31.3 Å². The maximum Gasteiger partial charge on any atom is 0.409 e. The van der Waals surface area contributed by atoms with Crippen LogP contribution in [0.3, 0.4) is 0 Å². The molecule has 1 amide bonds. The van der Waals surface area contributed by atoms with Crippen molar-refractivity contribution >= 4 is 23.0 Å². The smallest absolute Gasteiger partial charge is 0.409 e. The molecule has 1 aromatic carbocycles. The number of hydrogen-bond acceptors (Lipinski definition) is 8. The first-order chi connectivity index (χ1) is 11.8. The largest absolute Gasteiger partial charge is 0.505 e. The van der Waals surface area contributed by atoms with E-state index in [1.807, 2.05) is 11.9 Å². The summed E-state index contributed by atoms with van der Waals surface area (Å²) in [5.41, 5.74) is 11.6. The summed E-state index contributed by atoms with van der Waals surface area (Å²) in [7, 11) is 3.50. The zero-order chi connectivity index (χ0) is 18.3. The van der Waals surface area contributed by atoms with Crippen LogP contribution in [0.4, 0.5) is 16.2 Å². The molecular weight excluding hydrogens is 328 g/mol. The molecular formula is C16H20N4O5. The van der Waals surface area contributed by atoms with Crippen molar-refractivity contribution < 1.29 is 24.5 Å². The van der Waals surface area contributed by atoms with E-state index in [1.165, 1.54) is 13.4 Å². The van der Waals surface area contributed by atoms with Gasteiger partial charge in [0.2, 0.25) is 0 Å². The molecule has 3 aliphatic heterocycles. The van der Waals surface area contributed by atoms with Gasteiger partial charge in [-0.3, -0.25) is 4.90 Å². The molecule has 3 heterocycles. The Hall–Kier alpha value is -2.65. The van der Waals surface area contributed by atoms with Crippen LogP contribution < -0.4 is 16.4 Å². The summed E-state index contributed by atoms with van der Waals surface area (Å²) in [6.07, 6.45) is 0.189. The highest BCUT2D eigenvalue weighted by atomic mass is 16.5. The molecule has 9 heteroatoms. The molecule has 0 spiro atoms. The molecule has 0 radical (unpaired) electrons. The zero-order valence-electron chi connectivity index (χ0n) is 14.1. The average Bonchev–Trinajstić information content (AvgIpc) is 2.96. The van der Waals surface area contributed by atoms with E-state index in [0.717, 1.165) is 0 Å². The van der Waals surface area contributed by atoms with Gasteiger partial charge < -0.3 is 36.1 Å². The van der Waals surface area contributed by atoms with Crippen LogP contribution in [-0.2, 0) is 9.47 Å². The molecule has 0 saturated carbocycles. The first kappa shape index (κ1) is 15.9. The van der Waals surface area contributed by atoms with Crippen molar-refractivity contribution in [2.24, 2.45) is 5.73 Å². The second-order valence-corrected chi connectivity index (χ2v) is 6.62. The number of ether oxygens (including phenoxy) is 2. The average molecular weight is 348 g/mol. The molecule has 2 fully saturated rings. The molecule has 9 nitrogen and oxygen atoms in total. The Morgan fingerprint density at radius 1 is 1.40 bits per heavy atom. The van der Waals surface area contributed by atoms with Crippen LogP contribution >= 0.6 is 0 Å². The van der Waals surface area contributed by atoms with Crippen LogP contribution in [0.25, 0.3) is 5.57 Å². The Labute approximate surface area is 144 Å². The van der Waals surface area contributed by atoms with Crippen molar-refractivity contribution in [3.63, 3.8) is 0 Å². The van der Waals surface area contributed by atoms with Crippen LogP contribution in [0.15, 0.2) is 6.26 Å². The Bertz CT molecular complexity index is 839. The molecule has 0 aromatic heterocycles. The number of carbonyl (C=O) groups is 1. The lowest BCUT2D eigenvalue weighted by atomic mass is 9.94. The number of benzene rings is 1. The number of phenolic OH excluding ortho intramolecular Hbond substituents is 2. The van der Waals surface area contributed by atoms with E-state index >= 15 is 0 Å². The fraction of sp³-hybridized carbons (Fsp3) is 0.438. The van der Waals surface area contributed by atoms with Crippen molar-refractivity contribution in [3.05, 3.63) is 17.4 Å². The van der Waals surface area contributed by atoms with E-state index in [0.29, 0.717) is 28.9 Å². The third kappa shape index (κ3) is 1.66. The van der Waals surface area contributed by atoms with E-state index in [-0.39, 0.29) is 29.3 Å². The lowest BCUT2D eigenvalue weighted by Gasteiger charge is -2.36. The van der Waals surface area contributed by atoms with Crippen molar-refractivity contribution in [1.29, 1.82) is 0 Å². The molecule has 1 aromatic rings. The van der Waals surface area contributed by atoms with E-state index in [4.69, 9.17) is 20.9 Å². The van der Waals surface area contributed by atoms with Crippen LogP contribution in [0.5, 0.6) is 11.5 Å². The van der Waals surface area contributed by atoms with Gasteiger partial charge in [-0.1, -0.05) is 0 Å². The normalized spacial score (nSPS) is 33.2. The highest BCUT2D eigenvalue weighted by Crippen LogP contribution is 2.65. The quantitative estimate of drug-likeness (QED) is 0.197. The van der Waals surface area contributed by atoms with Gasteiger partial charge in [0.15, 0.2) is 5.72 Å². The van der Waals surface area contributed by atoms with Crippen molar-refractivity contribution in [2.45, 2.75) is 24.7 Å². The number of likely N-dealkylation sites (N-methyl/N-ethyl adjacent to an activating group) is 1. The molecule has 6 N–H and O–H groups in total. The number of nitrogen functional groups attached to an aromatic ring is 1. The molecule has 1 unspecified atom stereocenters. The molecule has 134 valence electrons. The van der Waals surface area contributed by atoms with Gasteiger partial charge in [-0.2, -0.15) is 0 Å². The van der Waals surface area contributed by atoms with Crippen molar-refractivity contribution in [3.8, 4) is 11.5 Å². The Balaban J connectivity index is 2.02. The van der Waals surface area contributed by atoms with Crippen LogP contribution in [0.2, 0.25) is 0 Å². The van der Waals surface area contributed by atoms with Gasteiger partial charge in [0, 0.05) is 25.3 Å². The predicted molar refractivity (Wildman–Crippen MR) is 90.0 cm³/mol. The first-order valence-electron chi connectivity index (χ1n) is 7.83. The third-order valence-electron chi connectivity index (χ3n) is 5.65. The summed E-state index contributed by atoms with van der Waals surface area (Å²) in [4.78, 5) is 15.1. The Morgan fingerprint density at radius 2 is 2.08 bits per heavy atom. The van der Waals surface area contributed by atoms with Crippen LogP contribution in [0.1, 0.15) is 11.1 Å². The molecule has 2 saturated heterocycles. The van der Waals surface area contributed by atoms with Gasteiger partial charge in [-0.05, 0) is 14.0 Å². The fourth-order valence-corrected chi connectivity index (χ4v) is 4.36. The van der Waals surface area contributed by atoms with Gasteiger partial charge in [0.25, 0.3) is 0 Å². The molecule has 4 rings (SSSR count). The summed E-state index contributed by atoms with van der Waals surface area (Å²) in [5, 5.41) is 21.3. The van der Waals surface area contributed by atoms with E-state index in [1.54, 1.807) is 6.92 Å². The number of aromatic hydroxyl groups is 2. The second kappa shape index (κ2) is 4.70. The minimum atomic E-state index is -1.01. The monoisotopic (exact) mass is 348 g/mol. The lowest BCUT2D eigenvalue weighted by Crippen LogP contribution is -2.50. The van der Waals surface area contributed by atoms with Gasteiger partial charge >= 0.3 is 6.09 Å².